The van der Waals surface area contributed by atoms with Crippen LogP contribution in [0.1, 0.15) is 20.3 Å². The summed E-state index contributed by atoms with van der Waals surface area (Å²) in [6.45, 7) is 3.51. The molecule has 0 amide bonds. The molecule has 0 aromatic rings. The van der Waals surface area contributed by atoms with Crippen molar-refractivity contribution in [2.24, 2.45) is 0 Å². The zero-order valence-electron chi connectivity index (χ0n) is 11.1. The van der Waals surface area contributed by atoms with E-state index in [9.17, 15) is 14.7 Å². The zero-order chi connectivity index (χ0) is 13.9. The monoisotopic (exact) mass is 244 g/mol. The summed E-state index contributed by atoms with van der Waals surface area (Å²) in [6.07, 6.45) is 0.712. The van der Waals surface area contributed by atoms with E-state index < -0.39 is 23.8 Å². The standard InChI is InChI=1S/C12H21NO4/c1-9(2)6-10(14)12(17,7-11(15)16)8-13(3,4)5/h6,17H,7-8H2,1-5H3/p+1. The molecule has 0 saturated carbocycles. The third-order valence-electron chi connectivity index (χ3n) is 2.06. The van der Waals surface area contributed by atoms with Crippen molar-refractivity contribution >= 4 is 11.8 Å². The largest absolute Gasteiger partial charge is 0.481 e. The van der Waals surface area contributed by atoms with Crippen LogP contribution < -0.4 is 0 Å². The van der Waals surface area contributed by atoms with Crippen molar-refractivity contribution in [3.05, 3.63) is 11.6 Å². The maximum absolute atomic E-state index is 11.9. The van der Waals surface area contributed by atoms with Crippen molar-refractivity contribution in [1.82, 2.24) is 0 Å². The molecule has 17 heavy (non-hydrogen) atoms. The Kier molecular flexibility index (Phi) is 5.04. The minimum Gasteiger partial charge on any atom is -0.481 e. The van der Waals surface area contributed by atoms with Gasteiger partial charge < -0.3 is 14.7 Å². The van der Waals surface area contributed by atoms with Crippen LogP contribution in [0.2, 0.25) is 0 Å². The van der Waals surface area contributed by atoms with E-state index in [1.807, 2.05) is 0 Å². The first-order valence-electron chi connectivity index (χ1n) is 5.40. The second kappa shape index (κ2) is 5.42. The van der Waals surface area contributed by atoms with E-state index >= 15 is 0 Å². The second-order valence-corrected chi connectivity index (χ2v) is 5.64. The van der Waals surface area contributed by atoms with Gasteiger partial charge in [0.05, 0.1) is 27.6 Å². The van der Waals surface area contributed by atoms with E-state index in [1.54, 1.807) is 35.0 Å². The van der Waals surface area contributed by atoms with Crippen molar-refractivity contribution in [3.8, 4) is 0 Å². The Balaban J connectivity index is 5.17. The van der Waals surface area contributed by atoms with Crippen molar-refractivity contribution < 1.29 is 24.3 Å². The van der Waals surface area contributed by atoms with Gasteiger partial charge in [-0.1, -0.05) is 5.57 Å². The predicted octanol–water partition coefficient (Wildman–Crippen LogP) is 0.434. The Hall–Kier alpha value is -1.20. The minimum atomic E-state index is -1.85. The molecule has 0 aliphatic carbocycles. The highest BCUT2D eigenvalue weighted by Gasteiger charge is 2.41. The zero-order valence-corrected chi connectivity index (χ0v) is 11.1. The summed E-state index contributed by atoms with van der Waals surface area (Å²) < 4.78 is 0.312. The number of rotatable bonds is 6. The summed E-state index contributed by atoms with van der Waals surface area (Å²) >= 11 is 0. The number of carboxylic acids is 1. The van der Waals surface area contributed by atoms with Crippen LogP contribution in [0.4, 0.5) is 0 Å². The van der Waals surface area contributed by atoms with Crippen LogP contribution in [-0.4, -0.2) is 59.7 Å². The minimum absolute atomic E-state index is 0.0575. The number of hydrogen-bond acceptors (Lipinski definition) is 3. The van der Waals surface area contributed by atoms with E-state index in [-0.39, 0.29) is 6.54 Å². The van der Waals surface area contributed by atoms with Gasteiger partial charge in [-0.2, -0.15) is 0 Å². The number of carboxylic acid groups (broad SMARTS) is 1. The molecule has 0 bridgehead atoms. The molecule has 1 unspecified atom stereocenters. The highest BCUT2D eigenvalue weighted by atomic mass is 16.4. The molecule has 98 valence electrons. The molecular weight excluding hydrogens is 222 g/mol. The van der Waals surface area contributed by atoms with Crippen LogP contribution in [0, 0.1) is 0 Å². The van der Waals surface area contributed by atoms with E-state index in [2.05, 4.69) is 0 Å². The van der Waals surface area contributed by atoms with Crippen LogP contribution in [0.25, 0.3) is 0 Å². The van der Waals surface area contributed by atoms with Gasteiger partial charge in [-0.3, -0.25) is 9.59 Å². The lowest BCUT2D eigenvalue weighted by atomic mass is 9.92. The lowest BCUT2D eigenvalue weighted by molar-refractivity contribution is -0.875. The Bertz CT molecular complexity index is 337. The average molecular weight is 244 g/mol. The molecule has 0 radical (unpaired) electrons. The van der Waals surface area contributed by atoms with Gasteiger partial charge in [0.2, 0.25) is 0 Å². The van der Waals surface area contributed by atoms with Crippen LogP contribution >= 0.6 is 0 Å². The lowest BCUT2D eigenvalue weighted by Crippen LogP contribution is -2.54. The molecule has 0 rings (SSSR count). The Labute approximate surface area is 102 Å². The number of carbonyl (C=O) groups is 2. The highest BCUT2D eigenvalue weighted by molar-refractivity contribution is 5.99. The van der Waals surface area contributed by atoms with E-state index in [0.717, 1.165) is 5.57 Å². The molecule has 0 aliphatic heterocycles. The van der Waals surface area contributed by atoms with Crippen LogP contribution in [-0.2, 0) is 9.59 Å². The number of allylic oxidation sites excluding steroid dienone is 1. The van der Waals surface area contributed by atoms with Gasteiger partial charge in [0.15, 0.2) is 11.4 Å². The third-order valence-corrected chi connectivity index (χ3v) is 2.06. The van der Waals surface area contributed by atoms with Gasteiger partial charge in [-0.25, -0.2) is 0 Å². The number of hydrogen-bond donors (Lipinski definition) is 2. The Morgan fingerprint density at radius 2 is 1.71 bits per heavy atom. The number of carbonyl (C=O) groups excluding carboxylic acids is 1. The van der Waals surface area contributed by atoms with Gasteiger partial charge in [0.25, 0.3) is 0 Å². The maximum Gasteiger partial charge on any atom is 0.307 e. The lowest BCUT2D eigenvalue weighted by Gasteiger charge is -2.33. The first kappa shape index (κ1) is 15.8. The number of likely N-dealkylation sites (N-methyl/N-ethyl adjacent to an activating group) is 1. The number of ketones is 1. The van der Waals surface area contributed by atoms with E-state index in [0.29, 0.717) is 4.48 Å². The van der Waals surface area contributed by atoms with Gasteiger partial charge in [0.1, 0.15) is 6.54 Å². The average Bonchev–Trinajstić information content (AvgIpc) is 1.96. The molecule has 0 fully saturated rings. The summed E-state index contributed by atoms with van der Waals surface area (Å²) in [6, 6.07) is 0. The van der Waals surface area contributed by atoms with Gasteiger partial charge in [-0.15, -0.1) is 0 Å². The molecule has 5 nitrogen and oxygen atoms in total. The molecule has 0 heterocycles. The Morgan fingerprint density at radius 1 is 1.24 bits per heavy atom. The van der Waals surface area contributed by atoms with E-state index in [1.165, 1.54) is 6.08 Å². The molecule has 5 heteroatoms. The topological polar surface area (TPSA) is 74.6 Å². The van der Waals surface area contributed by atoms with Crippen LogP contribution in [0.5, 0.6) is 0 Å². The van der Waals surface area contributed by atoms with Crippen molar-refractivity contribution in [2.45, 2.75) is 25.9 Å². The Morgan fingerprint density at radius 3 is 2.00 bits per heavy atom. The van der Waals surface area contributed by atoms with Crippen LogP contribution in [0.15, 0.2) is 11.6 Å². The predicted molar refractivity (Wildman–Crippen MR) is 64.5 cm³/mol. The van der Waals surface area contributed by atoms with Crippen molar-refractivity contribution in [2.75, 3.05) is 27.7 Å². The molecule has 0 aliphatic rings. The molecule has 0 spiro atoms. The SMILES string of the molecule is CC(C)=CC(=O)C(O)(CC(=O)O)C[N+](C)(C)C. The summed E-state index contributed by atoms with van der Waals surface area (Å²) in [7, 11) is 5.38. The summed E-state index contributed by atoms with van der Waals surface area (Å²) in [5.74, 6) is -1.73. The molecule has 0 saturated heterocycles. The molecule has 2 N–H and O–H groups in total. The normalized spacial score (nSPS) is 14.9. The second-order valence-electron chi connectivity index (χ2n) is 5.64. The highest BCUT2D eigenvalue weighted by Crippen LogP contribution is 2.17. The molecular formula is C12H22NO4+. The fourth-order valence-electron chi connectivity index (χ4n) is 1.65. The number of aliphatic carboxylic acids is 1. The first-order valence-corrected chi connectivity index (χ1v) is 5.40. The van der Waals surface area contributed by atoms with Crippen molar-refractivity contribution in [1.29, 1.82) is 0 Å². The van der Waals surface area contributed by atoms with Crippen LogP contribution in [0.3, 0.4) is 0 Å². The van der Waals surface area contributed by atoms with Gasteiger partial charge in [0, 0.05) is 0 Å². The van der Waals surface area contributed by atoms with Crippen molar-refractivity contribution in [3.63, 3.8) is 0 Å². The fraction of sp³-hybridized carbons (Fsp3) is 0.667. The van der Waals surface area contributed by atoms with Gasteiger partial charge in [-0.05, 0) is 19.9 Å². The molecule has 1 atom stereocenters. The number of aliphatic hydroxyl groups is 1. The molecule has 0 aromatic heterocycles. The first-order chi connectivity index (χ1) is 7.46. The molecule has 0 aromatic carbocycles. The van der Waals surface area contributed by atoms with Gasteiger partial charge >= 0.3 is 5.97 Å². The van der Waals surface area contributed by atoms with E-state index in [4.69, 9.17) is 5.11 Å². The number of nitrogens with zero attached hydrogens (tertiary/aromatic N) is 1. The fourth-order valence-corrected chi connectivity index (χ4v) is 1.65. The third kappa shape index (κ3) is 6.19. The maximum atomic E-state index is 11.9. The summed E-state index contributed by atoms with van der Waals surface area (Å²) in [4.78, 5) is 22.6. The summed E-state index contributed by atoms with van der Waals surface area (Å²) in [5.41, 5.74) is -1.11. The summed E-state index contributed by atoms with van der Waals surface area (Å²) in [5, 5.41) is 19.0. The quantitative estimate of drug-likeness (QED) is 0.525. The smallest absolute Gasteiger partial charge is 0.307 e. The number of quaternary nitrogens is 1.